The Morgan fingerprint density at radius 2 is 1.84 bits per heavy atom. The van der Waals surface area contributed by atoms with Crippen LogP contribution in [0.1, 0.15) is 30.4 Å². The maximum Gasteiger partial charge on any atom is 0.126 e. The Labute approximate surface area is 149 Å². The van der Waals surface area contributed by atoms with Gasteiger partial charge in [-0.1, -0.05) is 30.3 Å². The van der Waals surface area contributed by atoms with Crippen LogP contribution in [0.15, 0.2) is 48.5 Å². The molecule has 2 aromatic carbocycles. The van der Waals surface area contributed by atoms with Gasteiger partial charge in [-0.2, -0.15) is 0 Å². The van der Waals surface area contributed by atoms with Crippen LogP contribution in [-0.4, -0.2) is 35.3 Å². The number of aliphatic hydroxyl groups is 1. The van der Waals surface area contributed by atoms with Gasteiger partial charge in [-0.15, -0.1) is 0 Å². The van der Waals surface area contributed by atoms with Crippen LogP contribution in [0.3, 0.4) is 0 Å². The van der Waals surface area contributed by atoms with E-state index >= 15 is 0 Å². The summed E-state index contributed by atoms with van der Waals surface area (Å²) < 4.78 is 19.2. The van der Waals surface area contributed by atoms with Crippen LogP contribution in [0.25, 0.3) is 0 Å². The number of halogens is 1. The Balaban J connectivity index is 1.65. The van der Waals surface area contributed by atoms with Gasteiger partial charge in [-0.25, -0.2) is 4.39 Å². The zero-order chi connectivity index (χ0) is 17.8. The van der Waals surface area contributed by atoms with Crippen molar-refractivity contribution in [2.24, 2.45) is 0 Å². The topological polar surface area (TPSA) is 32.7 Å². The van der Waals surface area contributed by atoms with Crippen molar-refractivity contribution < 1.29 is 14.2 Å². The van der Waals surface area contributed by atoms with Gasteiger partial charge in [0.2, 0.25) is 0 Å². The number of aliphatic hydroxyl groups excluding tert-OH is 1. The zero-order valence-electron chi connectivity index (χ0n) is 14.9. The van der Waals surface area contributed by atoms with Gasteiger partial charge in [0.1, 0.15) is 23.8 Å². The molecule has 0 heterocycles. The van der Waals surface area contributed by atoms with E-state index in [1.807, 2.05) is 38.2 Å². The lowest BCUT2D eigenvalue weighted by Crippen LogP contribution is -2.51. The fourth-order valence-corrected chi connectivity index (χ4v) is 3.57. The first-order valence-electron chi connectivity index (χ1n) is 8.89. The fraction of sp³-hybridized carbons (Fsp3) is 0.429. The lowest BCUT2D eigenvalue weighted by molar-refractivity contribution is -0.0493. The minimum Gasteiger partial charge on any atom is -0.487 e. The summed E-state index contributed by atoms with van der Waals surface area (Å²) in [6, 6.07) is 14.5. The number of ether oxygens (including phenoxy) is 1. The average molecular weight is 343 g/mol. The summed E-state index contributed by atoms with van der Waals surface area (Å²) in [6.45, 7) is 2.70. The average Bonchev–Trinajstić information content (AvgIpc) is 2.60. The monoisotopic (exact) mass is 343 g/mol. The van der Waals surface area contributed by atoms with Crippen molar-refractivity contribution in [3.8, 4) is 5.75 Å². The smallest absolute Gasteiger partial charge is 0.126 e. The van der Waals surface area contributed by atoms with E-state index in [0.717, 1.165) is 36.1 Å². The van der Waals surface area contributed by atoms with Crippen LogP contribution in [0.2, 0.25) is 0 Å². The highest BCUT2D eigenvalue weighted by Crippen LogP contribution is 2.29. The molecule has 1 aliphatic rings. The van der Waals surface area contributed by atoms with Crippen LogP contribution in [0, 0.1) is 12.7 Å². The molecule has 3 nitrogen and oxygen atoms in total. The first-order valence-corrected chi connectivity index (χ1v) is 8.89. The van der Waals surface area contributed by atoms with Crippen molar-refractivity contribution in [1.29, 1.82) is 0 Å². The van der Waals surface area contributed by atoms with Gasteiger partial charge in [-0.3, -0.25) is 4.90 Å². The Hall–Kier alpha value is -1.91. The molecule has 3 atom stereocenters. The van der Waals surface area contributed by atoms with Crippen molar-refractivity contribution in [3.63, 3.8) is 0 Å². The molecule has 1 aliphatic carbocycles. The summed E-state index contributed by atoms with van der Waals surface area (Å²) in [5.74, 6) is 0.615. The number of likely N-dealkylation sites (N-methyl/N-ethyl adjacent to an activating group) is 1. The second-order valence-corrected chi connectivity index (χ2v) is 6.95. The van der Waals surface area contributed by atoms with E-state index in [4.69, 9.17) is 4.74 Å². The Morgan fingerprint density at radius 1 is 1.12 bits per heavy atom. The second-order valence-electron chi connectivity index (χ2n) is 6.95. The predicted octanol–water partition coefficient (Wildman–Crippen LogP) is 3.93. The van der Waals surface area contributed by atoms with E-state index < -0.39 is 6.10 Å². The third kappa shape index (κ3) is 4.39. The Kier molecular flexibility index (Phi) is 5.71. The second kappa shape index (κ2) is 7.98. The number of nitrogens with zero attached hydrogens (tertiary/aromatic N) is 1. The molecule has 0 aliphatic heterocycles. The third-order valence-electron chi connectivity index (χ3n) is 5.05. The molecule has 0 radical (unpaired) electrons. The minimum atomic E-state index is -0.543. The van der Waals surface area contributed by atoms with Crippen molar-refractivity contribution in [2.75, 3.05) is 7.05 Å². The Bertz CT molecular complexity index is 689. The van der Waals surface area contributed by atoms with Gasteiger partial charge >= 0.3 is 0 Å². The molecule has 2 aromatic rings. The maximum atomic E-state index is 13.1. The Morgan fingerprint density at radius 3 is 2.56 bits per heavy atom. The lowest BCUT2D eigenvalue weighted by atomic mass is 9.88. The zero-order valence-corrected chi connectivity index (χ0v) is 14.9. The minimum absolute atomic E-state index is 0.0350. The fourth-order valence-electron chi connectivity index (χ4n) is 3.57. The normalized spacial score (nSPS) is 23.6. The molecular formula is C21H26FNO2. The van der Waals surface area contributed by atoms with Gasteiger partial charge in [0, 0.05) is 12.6 Å². The van der Waals surface area contributed by atoms with E-state index in [-0.39, 0.29) is 18.0 Å². The van der Waals surface area contributed by atoms with Gasteiger partial charge < -0.3 is 9.84 Å². The number of aryl methyl sites for hydroxylation is 1. The third-order valence-corrected chi connectivity index (χ3v) is 5.05. The van der Waals surface area contributed by atoms with Gasteiger partial charge in [-0.05, 0) is 62.6 Å². The summed E-state index contributed by atoms with van der Waals surface area (Å²) in [4.78, 5) is 2.14. The lowest BCUT2D eigenvalue weighted by Gasteiger charge is -2.40. The molecule has 25 heavy (non-hydrogen) atoms. The van der Waals surface area contributed by atoms with E-state index in [9.17, 15) is 9.50 Å². The molecule has 1 fully saturated rings. The highest BCUT2D eigenvalue weighted by Gasteiger charge is 2.35. The van der Waals surface area contributed by atoms with E-state index in [2.05, 4.69) is 4.90 Å². The van der Waals surface area contributed by atoms with E-state index in [1.165, 1.54) is 12.1 Å². The van der Waals surface area contributed by atoms with Crippen molar-refractivity contribution in [2.45, 2.75) is 51.0 Å². The highest BCUT2D eigenvalue weighted by molar-refractivity contribution is 5.32. The molecule has 134 valence electrons. The van der Waals surface area contributed by atoms with Gasteiger partial charge in [0.25, 0.3) is 0 Å². The van der Waals surface area contributed by atoms with Gasteiger partial charge in [0.15, 0.2) is 0 Å². The van der Waals surface area contributed by atoms with Crippen LogP contribution in [0.4, 0.5) is 4.39 Å². The van der Waals surface area contributed by atoms with Crippen molar-refractivity contribution in [1.82, 2.24) is 4.90 Å². The molecular weight excluding hydrogens is 317 g/mol. The molecule has 4 heteroatoms. The quantitative estimate of drug-likeness (QED) is 0.893. The van der Waals surface area contributed by atoms with Crippen molar-refractivity contribution in [3.05, 3.63) is 65.5 Å². The molecule has 1 saturated carbocycles. The van der Waals surface area contributed by atoms with Crippen LogP contribution in [0.5, 0.6) is 5.75 Å². The summed E-state index contributed by atoms with van der Waals surface area (Å²) in [7, 11) is 2.01. The number of rotatable bonds is 5. The molecule has 0 amide bonds. The molecule has 3 rings (SSSR count). The molecule has 0 unspecified atom stereocenters. The van der Waals surface area contributed by atoms with E-state index in [0.29, 0.717) is 6.54 Å². The first-order chi connectivity index (χ1) is 12.0. The summed E-state index contributed by atoms with van der Waals surface area (Å²) in [6.07, 6.45) is 2.07. The molecule has 0 spiro atoms. The maximum absolute atomic E-state index is 13.1. The highest BCUT2D eigenvalue weighted by atomic mass is 19.1. The van der Waals surface area contributed by atoms with Crippen LogP contribution < -0.4 is 4.74 Å². The van der Waals surface area contributed by atoms with Crippen LogP contribution in [-0.2, 0) is 6.54 Å². The number of benzene rings is 2. The molecule has 0 bridgehead atoms. The SMILES string of the molecule is Cc1ccccc1O[C@@H]1CCC[C@H](N(C)Cc2ccc(F)cc2)[C@H]1O. The van der Waals surface area contributed by atoms with Crippen LogP contribution >= 0.6 is 0 Å². The summed E-state index contributed by atoms with van der Waals surface area (Å²) >= 11 is 0. The standard InChI is InChI=1S/C21H26FNO2/c1-15-6-3-4-8-19(15)25-20-9-5-7-18(21(20)24)23(2)14-16-10-12-17(22)13-11-16/h3-4,6,8,10-13,18,20-21,24H,5,7,9,14H2,1-2H3/t18-,20+,21+/m0/s1. The summed E-state index contributed by atoms with van der Waals surface area (Å²) in [5.41, 5.74) is 2.12. The molecule has 0 aromatic heterocycles. The number of hydrogen-bond donors (Lipinski definition) is 1. The first kappa shape index (κ1) is 17.9. The molecule has 1 N–H and O–H groups in total. The number of para-hydroxylation sites is 1. The largest absolute Gasteiger partial charge is 0.487 e. The number of hydrogen-bond acceptors (Lipinski definition) is 3. The molecule has 0 saturated heterocycles. The van der Waals surface area contributed by atoms with E-state index in [1.54, 1.807) is 12.1 Å². The summed E-state index contributed by atoms with van der Waals surface area (Å²) in [5, 5.41) is 10.8. The predicted molar refractivity (Wildman–Crippen MR) is 97.1 cm³/mol. The van der Waals surface area contributed by atoms with Gasteiger partial charge in [0.05, 0.1) is 0 Å². The van der Waals surface area contributed by atoms with Crippen molar-refractivity contribution >= 4 is 0 Å².